The molecule has 0 spiro atoms. The van der Waals surface area contributed by atoms with Crippen LogP contribution >= 0.6 is 22.7 Å². The van der Waals surface area contributed by atoms with Gasteiger partial charge in [-0.15, -0.1) is 0 Å². The van der Waals surface area contributed by atoms with Crippen LogP contribution in [0.1, 0.15) is 5.56 Å². The van der Waals surface area contributed by atoms with Crippen molar-refractivity contribution in [2.45, 2.75) is 12.4 Å². The summed E-state index contributed by atoms with van der Waals surface area (Å²) in [6, 6.07) is 1.02. The molecule has 0 radical (unpaired) electrons. The highest BCUT2D eigenvalue weighted by Crippen LogP contribution is 2.38. The minimum absolute atomic E-state index is 0.129. The first-order chi connectivity index (χ1) is 9.48. The number of fused-ring (bicyclic) bond motifs is 1. The fourth-order valence-electron chi connectivity index (χ4n) is 1.43. The number of amides is 1. The molecule has 0 unspecified atom stereocenters. The molecule has 114 valence electrons. The highest BCUT2D eigenvalue weighted by molar-refractivity contribution is 7.36. The van der Waals surface area contributed by atoms with Gasteiger partial charge in [0.1, 0.15) is 0 Å². The van der Waals surface area contributed by atoms with Gasteiger partial charge in [0.2, 0.25) is 0 Å². The van der Waals surface area contributed by atoms with Gasteiger partial charge in [0.05, 0.1) is 20.7 Å². The van der Waals surface area contributed by atoms with Crippen molar-refractivity contribution in [1.29, 1.82) is 0 Å². The Labute approximate surface area is 119 Å². The average molecular weight is 347 g/mol. The highest BCUT2D eigenvalue weighted by Gasteiger charge is 2.39. The molecule has 1 aromatic carbocycles. The van der Waals surface area contributed by atoms with Crippen LogP contribution in [-0.4, -0.2) is 12.1 Å². The van der Waals surface area contributed by atoms with Crippen LogP contribution in [0.2, 0.25) is 0 Å². The third kappa shape index (κ3) is 3.35. The highest BCUT2D eigenvalue weighted by atomic mass is 32.2. The molecule has 0 saturated carbocycles. The van der Waals surface area contributed by atoms with E-state index in [-0.39, 0.29) is 9.40 Å². The summed E-state index contributed by atoms with van der Waals surface area (Å²) in [5.74, 6) is -2.41. The second kappa shape index (κ2) is 4.98. The van der Waals surface area contributed by atoms with E-state index in [4.69, 9.17) is 0 Å². The van der Waals surface area contributed by atoms with Crippen molar-refractivity contribution in [2.75, 3.05) is 5.32 Å². The van der Waals surface area contributed by atoms with Crippen LogP contribution < -0.4 is 9.37 Å². The number of anilines is 1. The van der Waals surface area contributed by atoms with Gasteiger partial charge in [-0.2, -0.15) is 26.3 Å². The summed E-state index contributed by atoms with van der Waals surface area (Å²) in [6.45, 7) is 0. The Morgan fingerprint density at radius 1 is 1.05 bits per heavy atom. The van der Waals surface area contributed by atoms with E-state index in [1.165, 1.54) is 5.32 Å². The third-order valence-electron chi connectivity index (χ3n) is 2.27. The third-order valence-corrected chi connectivity index (χ3v) is 4.41. The van der Waals surface area contributed by atoms with E-state index in [9.17, 15) is 35.9 Å². The summed E-state index contributed by atoms with van der Waals surface area (Å²) in [7, 11) is 0. The zero-order valence-corrected chi connectivity index (χ0v) is 11.2. The molecule has 0 aliphatic heterocycles. The van der Waals surface area contributed by atoms with Crippen molar-refractivity contribution in [1.82, 2.24) is 0 Å². The predicted octanol–water partition coefficient (Wildman–Crippen LogP) is 3.84. The summed E-state index contributed by atoms with van der Waals surface area (Å²) < 4.78 is 73.7. The molecule has 1 heterocycles. The number of hydrogen-bond donors (Lipinski definition) is 1. The predicted molar refractivity (Wildman–Crippen MR) is 65.7 cm³/mol. The largest absolute Gasteiger partial charge is 0.471 e. The molecule has 2 rings (SSSR count). The summed E-state index contributed by atoms with van der Waals surface area (Å²) >= 11 is 0.926. The molecule has 3 nitrogen and oxygen atoms in total. The van der Waals surface area contributed by atoms with Crippen LogP contribution in [0, 0.1) is 0 Å². The lowest BCUT2D eigenvalue weighted by Crippen LogP contribution is -2.30. The molecule has 2 aromatic rings. The second-order valence-electron chi connectivity index (χ2n) is 3.75. The van der Waals surface area contributed by atoms with Crippen molar-refractivity contribution >= 4 is 43.7 Å². The first-order valence-electron chi connectivity index (χ1n) is 5.01. The Balaban J connectivity index is 2.60. The second-order valence-corrected chi connectivity index (χ2v) is 6.01. The minimum atomic E-state index is -5.25. The Morgan fingerprint density at radius 3 is 2.19 bits per heavy atom. The van der Waals surface area contributed by atoms with Gasteiger partial charge in [-0.25, -0.2) is 0 Å². The van der Waals surface area contributed by atoms with Crippen molar-refractivity contribution < 1.29 is 31.1 Å². The molecular formula is C10H3F6NO2S2. The quantitative estimate of drug-likeness (QED) is 0.797. The van der Waals surface area contributed by atoms with Gasteiger partial charge in [-0.3, -0.25) is 9.59 Å². The van der Waals surface area contributed by atoms with Crippen LogP contribution in [0.4, 0.5) is 32.0 Å². The van der Waals surface area contributed by atoms with Gasteiger partial charge < -0.3 is 5.32 Å². The number of nitrogens with one attached hydrogen (secondary N) is 1. The first-order valence-corrected chi connectivity index (χ1v) is 6.65. The SMILES string of the molecule is O=C(Nc1cc(C(F)(F)F)cc2sc(=O)sc12)C(F)(F)F. The monoisotopic (exact) mass is 347 g/mol. The Kier molecular flexibility index (Phi) is 3.74. The molecule has 1 aromatic heterocycles. The van der Waals surface area contributed by atoms with E-state index in [0.29, 0.717) is 34.8 Å². The topological polar surface area (TPSA) is 46.2 Å². The lowest BCUT2D eigenvalue weighted by Gasteiger charge is -2.12. The minimum Gasteiger partial charge on any atom is -0.317 e. The molecule has 0 saturated heterocycles. The number of halogens is 6. The summed E-state index contributed by atoms with van der Waals surface area (Å²) in [5, 5.41) is 1.36. The average Bonchev–Trinajstić information content (AvgIpc) is 2.67. The zero-order valence-electron chi connectivity index (χ0n) is 9.56. The molecule has 11 heteroatoms. The van der Waals surface area contributed by atoms with Crippen molar-refractivity contribution in [3.63, 3.8) is 0 Å². The fraction of sp³-hybridized carbons (Fsp3) is 0.200. The Bertz CT molecular complexity index is 757. The fourth-order valence-corrected chi connectivity index (χ4v) is 3.48. The summed E-state index contributed by atoms with van der Waals surface area (Å²) in [4.78, 5) is 22.1. The summed E-state index contributed by atoms with van der Waals surface area (Å²) in [5.41, 5.74) is -1.94. The molecular weight excluding hydrogens is 344 g/mol. The normalized spacial score (nSPS) is 12.7. The van der Waals surface area contributed by atoms with Crippen LogP contribution in [0.15, 0.2) is 16.9 Å². The number of benzene rings is 1. The van der Waals surface area contributed by atoms with Gasteiger partial charge >= 0.3 is 18.3 Å². The van der Waals surface area contributed by atoms with E-state index < -0.39 is 33.6 Å². The maximum atomic E-state index is 12.7. The maximum Gasteiger partial charge on any atom is 0.471 e. The van der Waals surface area contributed by atoms with Crippen molar-refractivity contribution in [3.05, 3.63) is 26.5 Å². The molecule has 1 amide bonds. The maximum absolute atomic E-state index is 12.7. The lowest BCUT2D eigenvalue weighted by molar-refractivity contribution is -0.167. The van der Waals surface area contributed by atoms with Crippen LogP contribution in [0.3, 0.4) is 0 Å². The zero-order chi connectivity index (χ0) is 16.0. The van der Waals surface area contributed by atoms with Gasteiger partial charge in [0.25, 0.3) is 4.06 Å². The first kappa shape index (κ1) is 15.8. The smallest absolute Gasteiger partial charge is 0.317 e. The molecule has 1 N–H and O–H groups in total. The Hall–Kier alpha value is -1.62. The molecule has 0 aliphatic rings. The van der Waals surface area contributed by atoms with E-state index >= 15 is 0 Å². The molecule has 21 heavy (non-hydrogen) atoms. The van der Waals surface area contributed by atoms with Gasteiger partial charge in [0, 0.05) is 0 Å². The molecule has 0 atom stereocenters. The van der Waals surface area contributed by atoms with Crippen molar-refractivity contribution in [2.24, 2.45) is 0 Å². The van der Waals surface area contributed by atoms with Crippen LogP contribution in [-0.2, 0) is 11.0 Å². The van der Waals surface area contributed by atoms with Crippen LogP contribution in [0.5, 0.6) is 0 Å². The number of alkyl halides is 6. The number of carbonyl (C=O) groups excluding carboxylic acids is 1. The summed E-state index contributed by atoms with van der Waals surface area (Å²) in [6.07, 6.45) is -10.1. The van der Waals surface area contributed by atoms with Crippen molar-refractivity contribution in [3.8, 4) is 0 Å². The number of carbonyl (C=O) groups is 1. The lowest BCUT2D eigenvalue weighted by atomic mass is 10.2. The van der Waals surface area contributed by atoms with E-state index in [1.807, 2.05) is 0 Å². The van der Waals surface area contributed by atoms with E-state index in [0.717, 1.165) is 0 Å². The molecule has 0 aliphatic carbocycles. The number of rotatable bonds is 1. The van der Waals surface area contributed by atoms with Gasteiger partial charge in [-0.05, 0) is 12.1 Å². The van der Waals surface area contributed by atoms with Crippen LogP contribution in [0.25, 0.3) is 9.40 Å². The molecule has 0 bridgehead atoms. The molecule has 0 fully saturated rings. The van der Waals surface area contributed by atoms with E-state index in [1.54, 1.807) is 0 Å². The van der Waals surface area contributed by atoms with Gasteiger partial charge in [0.15, 0.2) is 0 Å². The van der Waals surface area contributed by atoms with E-state index in [2.05, 4.69) is 0 Å². The standard InChI is InChI=1S/C10H3F6NO2S2/c11-9(12,13)3-1-4(17-7(18)10(14,15)16)6-5(2-3)20-8(19)21-6/h1-2H,(H,17,18). The number of hydrogen-bond acceptors (Lipinski definition) is 4. The Morgan fingerprint density at radius 2 is 1.67 bits per heavy atom. The van der Waals surface area contributed by atoms with Gasteiger partial charge in [-0.1, -0.05) is 22.7 Å².